The van der Waals surface area contributed by atoms with Crippen LogP contribution in [0.15, 0.2) is 0 Å². The zero-order valence-electron chi connectivity index (χ0n) is 4.87. The third-order valence-corrected chi connectivity index (χ3v) is 0. The van der Waals surface area contributed by atoms with Crippen LogP contribution < -0.4 is 8.32 Å². The summed E-state index contributed by atoms with van der Waals surface area (Å²) in [5.74, 6) is 0. The molecular weight excluding hydrogens is 349 g/mol. The molecule has 0 rings (SSSR count). The van der Waals surface area contributed by atoms with Crippen molar-refractivity contribution in [2.45, 2.75) is 0 Å². The van der Waals surface area contributed by atoms with Crippen LogP contribution in [0.25, 0.3) is 0 Å². The number of hydrogen-bond donors (Lipinski definition) is 2. The molecule has 0 aliphatic carbocycles. The summed E-state index contributed by atoms with van der Waals surface area (Å²) in [6.07, 6.45) is 0. The molecule has 8 nitrogen and oxygen atoms in total. The Labute approximate surface area is 105 Å². The molecule has 0 unspecified atom stereocenters. The van der Waals surface area contributed by atoms with E-state index in [1.807, 2.05) is 0 Å². The van der Waals surface area contributed by atoms with Gasteiger partial charge in [0, 0.05) is 0 Å². The number of hydrogen-bond acceptors (Lipinski definition) is 6. The van der Waals surface area contributed by atoms with Gasteiger partial charge in [0.05, 0.1) is 0 Å². The minimum absolute atomic E-state index is 0. The maximum absolute atomic E-state index is 8.74. The first-order valence-electron chi connectivity index (χ1n) is 1.37. The van der Waals surface area contributed by atoms with Crippen LogP contribution in [0.4, 0.5) is 0 Å². The molecule has 64 valence electrons. The summed E-state index contributed by atoms with van der Waals surface area (Å²) in [6, 6.07) is 0. The van der Waals surface area contributed by atoms with E-state index < -0.39 is 24.0 Å². The van der Waals surface area contributed by atoms with Gasteiger partial charge in [0.25, 0.3) is 0 Å². The van der Waals surface area contributed by atoms with E-state index in [0.29, 0.717) is 0 Å². The van der Waals surface area contributed by atoms with Gasteiger partial charge >= 0.3 is 88.8 Å². The molecule has 0 bridgehead atoms. The van der Waals surface area contributed by atoms with Gasteiger partial charge in [0.2, 0.25) is 0 Å². The summed E-state index contributed by atoms with van der Waals surface area (Å²) >= 11 is -5.75. The first kappa shape index (κ1) is 18.3. The second-order valence-electron chi connectivity index (χ2n) is 0.856. The van der Waals surface area contributed by atoms with E-state index in [1.54, 1.807) is 0 Å². The van der Waals surface area contributed by atoms with Crippen molar-refractivity contribution in [3.05, 3.63) is 0 Å². The van der Waals surface area contributed by atoms with Crippen LogP contribution in [-0.2, 0) is 31.6 Å². The SMILES string of the molecule is O=S(=O)(O)O.[Ba+2].[O]=[Cr](=[O])([O-])[O-]. The Morgan fingerprint density at radius 2 is 1.09 bits per heavy atom. The summed E-state index contributed by atoms with van der Waals surface area (Å²) in [7, 11) is -4.67. The Morgan fingerprint density at radius 1 is 1.09 bits per heavy atom. The quantitative estimate of drug-likeness (QED) is 0.334. The molecule has 0 saturated heterocycles. The first-order valence-corrected chi connectivity index (χ1v) is 4.84. The van der Waals surface area contributed by atoms with Crippen molar-refractivity contribution in [3.8, 4) is 0 Å². The van der Waals surface area contributed by atoms with Gasteiger partial charge in [0.15, 0.2) is 0 Å². The van der Waals surface area contributed by atoms with E-state index in [1.165, 1.54) is 0 Å². The molecule has 0 heterocycles. The van der Waals surface area contributed by atoms with Crippen LogP contribution in [0.2, 0.25) is 0 Å². The van der Waals surface area contributed by atoms with E-state index in [4.69, 9.17) is 33.4 Å². The zero-order valence-corrected chi connectivity index (χ0v) is 11.4. The number of rotatable bonds is 0. The molecule has 11 heteroatoms. The molecule has 0 amide bonds. The van der Waals surface area contributed by atoms with Crippen molar-refractivity contribution in [2.24, 2.45) is 0 Å². The predicted molar refractivity (Wildman–Crippen MR) is 21.3 cm³/mol. The van der Waals surface area contributed by atoms with E-state index in [9.17, 15) is 0 Å². The Hall–Kier alpha value is 1.49. The third kappa shape index (κ3) is 464. The minimum atomic E-state index is -5.75. The summed E-state index contributed by atoms with van der Waals surface area (Å²) < 4.78 is 66.0. The van der Waals surface area contributed by atoms with Crippen molar-refractivity contribution in [2.75, 3.05) is 0 Å². The van der Waals surface area contributed by atoms with Crippen LogP contribution in [0.1, 0.15) is 0 Å². The summed E-state index contributed by atoms with van der Waals surface area (Å²) in [6.45, 7) is 0. The Morgan fingerprint density at radius 3 is 1.09 bits per heavy atom. The third-order valence-electron chi connectivity index (χ3n) is 0. The molecule has 0 aliphatic rings. The van der Waals surface area contributed by atoms with Crippen molar-refractivity contribution in [3.63, 3.8) is 0 Å². The molecule has 0 aromatic carbocycles. The van der Waals surface area contributed by atoms with Gasteiger partial charge < -0.3 is 0 Å². The first-order chi connectivity index (χ1) is 4.00. The molecule has 0 aliphatic heterocycles. The van der Waals surface area contributed by atoms with Gasteiger partial charge in [-0.25, -0.2) is 0 Å². The second-order valence-corrected chi connectivity index (χ2v) is 3.03. The topological polar surface area (TPSA) is 155 Å². The monoisotopic (exact) mass is 352 g/mol. The van der Waals surface area contributed by atoms with E-state index in [-0.39, 0.29) is 48.9 Å². The Balaban J connectivity index is -0.000000107. The molecule has 2 N–H and O–H groups in total. The standard InChI is InChI=1S/Ba.Cr.H2O4S.4O/c;;1-5(2,3)4;;;;/h;;(H2,1,2,3,4);;;;/q+2;;;;;2*-1. The van der Waals surface area contributed by atoms with Gasteiger partial charge in [-0.15, -0.1) is 0 Å². The van der Waals surface area contributed by atoms with Gasteiger partial charge in [-0.05, 0) is 0 Å². The fraction of sp³-hybridized carbons (Fsp3) is 0. The average molecular weight is 351 g/mol. The fourth-order valence-electron chi connectivity index (χ4n) is 0. The normalized spacial score (nSPS) is 10.5. The van der Waals surface area contributed by atoms with Gasteiger partial charge in [-0.2, -0.15) is 8.42 Å². The second kappa shape index (κ2) is 6.95. The van der Waals surface area contributed by atoms with Crippen molar-refractivity contribution in [1.29, 1.82) is 0 Å². The molecule has 0 spiro atoms. The molecule has 0 atom stereocenters. The molecule has 0 aromatic rings. The Bertz CT molecular complexity index is 210. The van der Waals surface area contributed by atoms with Gasteiger partial charge in [-0.1, -0.05) is 0 Å². The molecule has 0 radical (unpaired) electrons. The molecule has 0 aromatic heterocycles. The van der Waals surface area contributed by atoms with Crippen molar-refractivity contribution >= 4 is 59.3 Å². The van der Waals surface area contributed by atoms with Crippen LogP contribution in [0.3, 0.4) is 0 Å². The Kier molecular flexibility index (Phi) is 11.6. The van der Waals surface area contributed by atoms with E-state index in [0.717, 1.165) is 0 Å². The van der Waals surface area contributed by atoms with Crippen LogP contribution in [0, 0.1) is 0 Å². The fourth-order valence-corrected chi connectivity index (χ4v) is 0. The van der Waals surface area contributed by atoms with Crippen LogP contribution in [-0.4, -0.2) is 66.4 Å². The van der Waals surface area contributed by atoms with Gasteiger partial charge in [-0.3, -0.25) is 9.11 Å². The van der Waals surface area contributed by atoms with Gasteiger partial charge in [0.1, 0.15) is 0 Å². The maximum atomic E-state index is 8.74. The molecule has 0 fully saturated rings. The van der Waals surface area contributed by atoms with Crippen LogP contribution in [0.5, 0.6) is 0 Å². The zero-order chi connectivity index (χ0) is 9.00. The summed E-state index contributed by atoms with van der Waals surface area (Å²) in [5.41, 5.74) is 0. The van der Waals surface area contributed by atoms with E-state index in [2.05, 4.69) is 0 Å². The molecular formula is H2BaCrO8S. The summed E-state index contributed by atoms with van der Waals surface area (Å²) in [5, 5.41) is 0. The predicted octanol–water partition coefficient (Wildman–Crippen LogP) is -3.65. The van der Waals surface area contributed by atoms with Crippen molar-refractivity contribution in [1.82, 2.24) is 0 Å². The average Bonchev–Trinajstić information content (AvgIpc) is 1.12. The molecule has 0 saturated carbocycles. The van der Waals surface area contributed by atoms with Crippen LogP contribution >= 0.6 is 0 Å². The summed E-state index contributed by atoms with van der Waals surface area (Å²) in [4.78, 5) is 0. The molecule has 11 heavy (non-hydrogen) atoms. The van der Waals surface area contributed by atoms with E-state index >= 15 is 0 Å². The van der Waals surface area contributed by atoms with Crippen molar-refractivity contribution < 1.29 is 47.1 Å².